The Hall–Kier alpha value is -4.39. The lowest BCUT2D eigenvalue weighted by molar-refractivity contribution is -0.137. The number of nitrogens with zero attached hydrogens (tertiary/aromatic N) is 2. The molecule has 1 fully saturated rings. The van der Waals surface area contributed by atoms with Gasteiger partial charge in [-0.2, -0.15) is 13.2 Å². The second-order valence-corrected chi connectivity index (χ2v) is 9.11. The van der Waals surface area contributed by atoms with Gasteiger partial charge in [-0.15, -0.1) is 0 Å². The molecule has 0 unspecified atom stereocenters. The van der Waals surface area contributed by atoms with Gasteiger partial charge < -0.3 is 16.4 Å². The van der Waals surface area contributed by atoms with E-state index in [0.717, 1.165) is 41.8 Å². The number of carbonyl (C=O) groups is 1. The highest BCUT2D eigenvalue weighted by Gasteiger charge is 2.30. The van der Waals surface area contributed by atoms with Crippen molar-refractivity contribution in [1.29, 1.82) is 5.41 Å². The molecule has 10 heteroatoms. The number of carbonyl (C=O) groups excluding carboxylic acids is 1. The smallest absolute Gasteiger partial charge is 0.388 e. The molecule has 0 saturated heterocycles. The fourth-order valence-corrected chi connectivity index (χ4v) is 4.09. The summed E-state index contributed by atoms with van der Waals surface area (Å²) in [7, 11) is 1.87. The predicted octanol–water partition coefficient (Wildman–Crippen LogP) is 6.09. The molecule has 1 aliphatic rings. The summed E-state index contributed by atoms with van der Waals surface area (Å²) in [6.45, 7) is 2.00. The Balaban J connectivity index is 0.000000293. The first-order valence-corrected chi connectivity index (χ1v) is 12.5. The average molecular weight is 537 g/mol. The molecule has 1 saturated carbocycles. The molecule has 0 spiro atoms. The first kappa shape index (κ1) is 29.2. The van der Waals surface area contributed by atoms with Gasteiger partial charge in [-0.3, -0.25) is 10.2 Å². The van der Waals surface area contributed by atoms with Crippen LogP contribution in [-0.2, 0) is 6.18 Å². The number of nitrogens with one attached hydrogen (secondary N) is 3. The molecule has 1 aliphatic carbocycles. The van der Waals surface area contributed by atoms with E-state index in [1.807, 2.05) is 32.2 Å². The highest BCUT2D eigenvalue weighted by atomic mass is 19.4. The first-order chi connectivity index (χ1) is 18.6. The van der Waals surface area contributed by atoms with Gasteiger partial charge in [0.2, 0.25) is 0 Å². The Kier molecular flexibility index (Phi) is 10.0. The minimum Gasteiger partial charge on any atom is -0.388 e. The van der Waals surface area contributed by atoms with E-state index >= 15 is 0 Å². The second-order valence-electron chi connectivity index (χ2n) is 9.11. The van der Waals surface area contributed by atoms with Crippen LogP contribution in [0.25, 0.3) is 0 Å². The van der Waals surface area contributed by atoms with Crippen LogP contribution in [-0.4, -0.2) is 35.1 Å². The van der Waals surface area contributed by atoms with Crippen molar-refractivity contribution in [2.24, 2.45) is 0 Å². The normalized spacial score (nSPS) is 13.3. The molecule has 7 nitrogen and oxygen atoms in total. The van der Waals surface area contributed by atoms with E-state index in [4.69, 9.17) is 11.1 Å². The maximum absolute atomic E-state index is 12.0. The van der Waals surface area contributed by atoms with Crippen LogP contribution in [0, 0.1) is 24.2 Å². The van der Waals surface area contributed by atoms with Crippen LogP contribution in [0.1, 0.15) is 64.7 Å². The summed E-state index contributed by atoms with van der Waals surface area (Å²) in [5.74, 6) is 6.91. The Morgan fingerprint density at radius 3 is 2.54 bits per heavy atom. The summed E-state index contributed by atoms with van der Waals surface area (Å²) in [5, 5.41) is 15.0. The van der Waals surface area contributed by atoms with Gasteiger partial charge in [-0.25, -0.2) is 9.97 Å². The molecule has 0 amide bonds. The summed E-state index contributed by atoms with van der Waals surface area (Å²) in [6.07, 6.45) is 3.37. The number of anilines is 3. The lowest BCUT2D eigenvalue weighted by Gasteiger charge is -2.24. The quantitative estimate of drug-likeness (QED) is 0.178. The fourth-order valence-electron chi connectivity index (χ4n) is 4.09. The van der Waals surface area contributed by atoms with Crippen LogP contribution in [0.15, 0.2) is 48.8 Å². The van der Waals surface area contributed by atoms with Crippen molar-refractivity contribution in [2.75, 3.05) is 23.4 Å². The van der Waals surface area contributed by atoms with E-state index in [9.17, 15) is 18.0 Å². The molecule has 1 heterocycles. The number of hydrogen-bond acceptors (Lipinski definition) is 7. The van der Waals surface area contributed by atoms with Crippen molar-refractivity contribution in [3.63, 3.8) is 0 Å². The molecule has 3 aromatic rings. The van der Waals surface area contributed by atoms with Gasteiger partial charge in [0.25, 0.3) is 0 Å². The van der Waals surface area contributed by atoms with Crippen molar-refractivity contribution in [1.82, 2.24) is 9.97 Å². The van der Waals surface area contributed by atoms with Crippen LogP contribution >= 0.6 is 0 Å². The molecular weight excluding hydrogens is 505 g/mol. The SMILES string of the molecule is CNc1ccc(C)c(C#CC(=N)c2c(N)ncnc2NC2CCCCC2)c1.O=Cc1cccc(C(F)(F)F)c1. The van der Waals surface area contributed by atoms with Gasteiger partial charge in [0.15, 0.2) is 0 Å². The fraction of sp³-hybridized carbons (Fsp3) is 0.310. The number of hydrogen-bond donors (Lipinski definition) is 4. The number of halogens is 3. The maximum atomic E-state index is 12.0. The van der Waals surface area contributed by atoms with E-state index in [1.165, 1.54) is 37.7 Å². The third-order valence-corrected chi connectivity index (χ3v) is 6.27. The number of aldehydes is 1. The minimum absolute atomic E-state index is 0.0322. The van der Waals surface area contributed by atoms with Gasteiger partial charge in [0.05, 0.1) is 11.1 Å². The molecule has 0 bridgehead atoms. The van der Waals surface area contributed by atoms with E-state index in [0.29, 0.717) is 23.7 Å². The summed E-state index contributed by atoms with van der Waals surface area (Å²) in [4.78, 5) is 18.5. The largest absolute Gasteiger partial charge is 0.416 e. The molecule has 4 rings (SSSR count). The van der Waals surface area contributed by atoms with Crippen LogP contribution in [0.4, 0.5) is 30.5 Å². The number of rotatable bonds is 5. The molecule has 2 aromatic carbocycles. The molecule has 1 aromatic heterocycles. The van der Waals surface area contributed by atoms with Crippen molar-refractivity contribution in [2.45, 2.75) is 51.2 Å². The molecule has 5 N–H and O–H groups in total. The monoisotopic (exact) mass is 536 g/mol. The Morgan fingerprint density at radius 1 is 1.13 bits per heavy atom. The van der Waals surface area contributed by atoms with Crippen molar-refractivity contribution < 1.29 is 18.0 Å². The lowest BCUT2D eigenvalue weighted by atomic mass is 9.95. The summed E-state index contributed by atoms with van der Waals surface area (Å²) in [5.41, 5.74) is 8.83. The number of nitrogens with two attached hydrogens (primary N) is 1. The van der Waals surface area contributed by atoms with Gasteiger partial charge >= 0.3 is 6.18 Å². The van der Waals surface area contributed by atoms with Gasteiger partial charge in [-0.1, -0.05) is 43.4 Å². The first-order valence-electron chi connectivity index (χ1n) is 12.5. The number of benzene rings is 2. The highest BCUT2D eigenvalue weighted by molar-refractivity contribution is 6.16. The second kappa shape index (κ2) is 13.4. The third kappa shape index (κ3) is 8.30. The Labute approximate surface area is 226 Å². The van der Waals surface area contributed by atoms with Gasteiger partial charge in [0, 0.05) is 29.9 Å². The van der Waals surface area contributed by atoms with Crippen LogP contribution in [0.5, 0.6) is 0 Å². The third-order valence-electron chi connectivity index (χ3n) is 6.27. The standard InChI is InChI=1S/C21H26N6.C8H5F3O/c1-14-8-10-17(24-2)12-15(14)9-11-18(22)19-20(23)25-13-26-21(19)27-16-6-4-3-5-7-16;9-8(10,11)7-3-1-2-6(4-7)5-12/h8,10,12-13,16,22,24H,3-7H2,1-2H3,(H3,23,25,26,27);1-5H. The minimum atomic E-state index is -4.38. The van der Waals surface area contributed by atoms with Crippen molar-refractivity contribution in [3.8, 4) is 11.8 Å². The Morgan fingerprint density at radius 2 is 1.87 bits per heavy atom. The van der Waals surface area contributed by atoms with E-state index in [2.05, 4.69) is 32.4 Å². The molecule has 204 valence electrons. The van der Waals surface area contributed by atoms with Crippen molar-refractivity contribution in [3.05, 3.63) is 76.6 Å². The zero-order chi connectivity index (χ0) is 28.4. The molecule has 39 heavy (non-hydrogen) atoms. The zero-order valence-electron chi connectivity index (χ0n) is 21.8. The molecule has 0 atom stereocenters. The number of aryl methyl sites for hydroxylation is 1. The molecular formula is C29H31F3N6O. The van der Waals surface area contributed by atoms with Crippen molar-refractivity contribution >= 4 is 29.3 Å². The van der Waals surface area contributed by atoms with Crippen LogP contribution < -0.4 is 16.4 Å². The van der Waals surface area contributed by atoms with Gasteiger partial charge in [-0.05, 0) is 55.5 Å². The van der Waals surface area contributed by atoms with E-state index in [-0.39, 0.29) is 17.1 Å². The van der Waals surface area contributed by atoms with Crippen LogP contribution in [0.2, 0.25) is 0 Å². The number of nitrogen functional groups attached to an aromatic ring is 1. The lowest BCUT2D eigenvalue weighted by Crippen LogP contribution is -2.24. The maximum Gasteiger partial charge on any atom is 0.416 e. The topological polar surface area (TPSA) is 117 Å². The van der Waals surface area contributed by atoms with E-state index in [1.54, 1.807) is 0 Å². The molecule has 0 aliphatic heterocycles. The average Bonchev–Trinajstić information content (AvgIpc) is 2.93. The predicted molar refractivity (Wildman–Crippen MR) is 148 cm³/mol. The van der Waals surface area contributed by atoms with Crippen LogP contribution in [0.3, 0.4) is 0 Å². The summed E-state index contributed by atoms with van der Waals surface area (Å²) >= 11 is 0. The summed E-state index contributed by atoms with van der Waals surface area (Å²) in [6, 6.07) is 10.6. The zero-order valence-corrected chi connectivity index (χ0v) is 21.8. The van der Waals surface area contributed by atoms with Gasteiger partial charge in [0.1, 0.15) is 30.0 Å². The van der Waals surface area contributed by atoms with E-state index < -0.39 is 11.7 Å². The highest BCUT2D eigenvalue weighted by Crippen LogP contribution is 2.29. The summed E-state index contributed by atoms with van der Waals surface area (Å²) < 4.78 is 36.0. The Bertz CT molecular complexity index is 1370. The molecule has 0 radical (unpaired) electrons. The number of aromatic nitrogens is 2. The number of alkyl halides is 3.